The topological polar surface area (TPSA) is 59.3 Å². The maximum atomic E-state index is 10.1. The Labute approximate surface area is 168 Å². The fraction of sp³-hybridized carbons (Fsp3) is 0.136. The Hall–Kier alpha value is -2.86. The van der Waals surface area contributed by atoms with E-state index in [0.29, 0.717) is 10.6 Å². The first-order chi connectivity index (χ1) is 13.6. The van der Waals surface area contributed by atoms with Crippen LogP contribution in [-0.2, 0) is 11.3 Å². The third-order valence-corrected chi connectivity index (χ3v) is 4.83. The van der Waals surface area contributed by atoms with Gasteiger partial charge in [0.2, 0.25) is 0 Å². The molecule has 1 atom stereocenters. The molecule has 0 fully saturated rings. The number of methoxy groups -OCH3 is 1. The van der Waals surface area contributed by atoms with Crippen LogP contribution < -0.4 is 5.32 Å². The number of benzene rings is 3. The van der Waals surface area contributed by atoms with Crippen molar-refractivity contribution in [1.29, 1.82) is 0 Å². The van der Waals surface area contributed by atoms with Crippen LogP contribution in [0, 0.1) is 0 Å². The summed E-state index contributed by atoms with van der Waals surface area (Å²) in [4.78, 5) is 4.53. The summed E-state index contributed by atoms with van der Waals surface area (Å²) >= 11 is 6.06. The lowest BCUT2D eigenvalue weighted by molar-refractivity contribution is -0.0764. The highest BCUT2D eigenvalue weighted by Gasteiger charge is 2.13. The number of aromatic nitrogens is 2. The van der Waals surface area contributed by atoms with Crippen LogP contribution in [0.25, 0.3) is 11.0 Å². The lowest BCUT2D eigenvalue weighted by Crippen LogP contribution is -2.04. The minimum atomic E-state index is -1.06. The van der Waals surface area contributed by atoms with E-state index in [2.05, 4.69) is 27.0 Å². The molecule has 0 aliphatic carbocycles. The fourth-order valence-electron chi connectivity index (χ4n) is 3.18. The van der Waals surface area contributed by atoms with E-state index in [1.54, 1.807) is 12.1 Å². The molecule has 0 saturated heterocycles. The van der Waals surface area contributed by atoms with Gasteiger partial charge in [0.25, 0.3) is 0 Å². The van der Waals surface area contributed by atoms with Crippen molar-refractivity contribution in [3.05, 3.63) is 89.2 Å². The van der Waals surface area contributed by atoms with E-state index < -0.39 is 6.29 Å². The highest BCUT2D eigenvalue weighted by molar-refractivity contribution is 6.30. The van der Waals surface area contributed by atoms with Crippen molar-refractivity contribution in [2.45, 2.75) is 12.8 Å². The van der Waals surface area contributed by atoms with Crippen molar-refractivity contribution in [3.8, 4) is 0 Å². The van der Waals surface area contributed by atoms with E-state index in [9.17, 15) is 5.11 Å². The second-order valence-corrected chi connectivity index (χ2v) is 6.94. The smallest absolute Gasteiger partial charge is 0.182 e. The molecular formula is C22H20ClN3O2. The molecule has 0 aliphatic heterocycles. The standard InChI is InChI=1S/C22H20ClN3O2/c1-28-22(27)18-11-16(23)7-9-19(18)25-17-8-10-21-20(12-17)24-14-26(21)13-15-5-3-2-4-6-15/h2-12,14,22,25,27H,13H2,1H3. The SMILES string of the molecule is COC(O)c1cc(Cl)ccc1Nc1ccc2c(c1)ncn2Cc1ccccc1. The van der Waals surface area contributed by atoms with Crippen molar-refractivity contribution < 1.29 is 9.84 Å². The quantitative estimate of drug-likeness (QED) is 0.446. The number of nitrogens with zero attached hydrogens (tertiary/aromatic N) is 2. The first kappa shape index (κ1) is 18.5. The summed E-state index contributed by atoms with van der Waals surface area (Å²) in [5.74, 6) is 0. The van der Waals surface area contributed by atoms with Gasteiger partial charge >= 0.3 is 0 Å². The van der Waals surface area contributed by atoms with Gasteiger partial charge in [-0.15, -0.1) is 0 Å². The fourth-order valence-corrected chi connectivity index (χ4v) is 3.36. The van der Waals surface area contributed by atoms with Crippen molar-refractivity contribution in [2.75, 3.05) is 12.4 Å². The Kier molecular flexibility index (Phi) is 5.30. The zero-order chi connectivity index (χ0) is 19.5. The van der Waals surface area contributed by atoms with Gasteiger partial charge in [0.1, 0.15) is 0 Å². The monoisotopic (exact) mass is 393 g/mol. The van der Waals surface area contributed by atoms with Crippen LogP contribution in [0.1, 0.15) is 17.4 Å². The summed E-state index contributed by atoms with van der Waals surface area (Å²) in [5.41, 5.74) is 5.34. The van der Waals surface area contributed by atoms with Gasteiger partial charge in [0, 0.05) is 35.6 Å². The molecule has 0 spiro atoms. The summed E-state index contributed by atoms with van der Waals surface area (Å²) in [6.45, 7) is 0.769. The average molecular weight is 394 g/mol. The lowest BCUT2D eigenvalue weighted by Gasteiger charge is -2.16. The summed E-state index contributed by atoms with van der Waals surface area (Å²) < 4.78 is 7.16. The number of imidazole rings is 1. The number of fused-ring (bicyclic) bond motifs is 1. The first-order valence-electron chi connectivity index (χ1n) is 8.90. The number of hydrogen-bond acceptors (Lipinski definition) is 4. The molecule has 1 heterocycles. The molecule has 142 valence electrons. The van der Waals surface area contributed by atoms with E-state index in [4.69, 9.17) is 16.3 Å². The molecule has 0 bridgehead atoms. The Morgan fingerprint density at radius 1 is 1.11 bits per heavy atom. The minimum Gasteiger partial charge on any atom is -0.364 e. The van der Waals surface area contributed by atoms with Crippen LogP contribution >= 0.6 is 11.6 Å². The number of hydrogen-bond donors (Lipinski definition) is 2. The maximum absolute atomic E-state index is 10.1. The lowest BCUT2D eigenvalue weighted by atomic mass is 10.1. The number of aliphatic hydroxyl groups excluding tert-OH is 1. The Bertz CT molecular complexity index is 1100. The molecule has 4 rings (SSSR count). The summed E-state index contributed by atoms with van der Waals surface area (Å²) in [6.07, 6.45) is 0.791. The van der Waals surface area contributed by atoms with Gasteiger partial charge in [0.15, 0.2) is 6.29 Å². The summed E-state index contributed by atoms with van der Waals surface area (Å²) in [6, 6.07) is 21.6. The minimum absolute atomic E-state index is 0.534. The number of anilines is 2. The Morgan fingerprint density at radius 2 is 1.93 bits per heavy atom. The van der Waals surface area contributed by atoms with E-state index >= 15 is 0 Å². The van der Waals surface area contributed by atoms with Crippen LogP contribution in [0.2, 0.25) is 5.02 Å². The first-order valence-corrected chi connectivity index (χ1v) is 9.28. The third kappa shape index (κ3) is 3.87. The number of rotatable bonds is 6. The van der Waals surface area contributed by atoms with Crippen LogP contribution in [0.3, 0.4) is 0 Å². The van der Waals surface area contributed by atoms with Crippen LogP contribution in [-0.4, -0.2) is 21.8 Å². The zero-order valence-electron chi connectivity index (χ0n) is 15.3. The van der Waals surface area contributed by atoms with Crippen molar-refractivity contribution in [1.82, 2.24) is 9.55 Å². The van der Waals surface area contributed by atoms with Gasteiger partial charge in [-0.05, 0) is 42.0 Å². The molecule has 5 nitrogen and oxygen atoms in total. The number of halogens is 1. The predicted octanol–water partition coefficient (Wildman–Crippen LogP) is 5.12. The van der Waals surface area contributed by atoms with Crippen molar-refractivity contribution in [2.24, 2.45) is 0 Å². The molecule has 28 heavy (non-hydrogen) atoms. The molecule has 2 N–H and O–H groups in total. The van der Waals surface area contributed by atoms with Gasteiger partial charge in [-0.1, -0.05) is 41.9 Å². The van der Waals surface area contributed by atoms with E-state index in [0.717, 1.165) is 29.0 Å². The molecule has 0 amide bonds. The third-order valence-electron chi connectivity index (χ3n) is 4.60. The largest absolute Gasteiger partial charge is 0.364 e. The number of aliphatic hydroxyl groups is 1. The molecule has 0 saturated carbocycles. The average Bonchev–Trinajstić information content (AvgIpc) is 3.11. The molecule has 3 aromatic carbocycles. The van der Waals surface area contributed by atoms with Crippen molar-refractivity contribution in [3.63, 3.8) is 0 Å². The molecule has 0 radical (unpaired) electrons. The van der Waals surface area contributed by atoms with Gasteiger partial charge in [-0.2, -0.15) is 0 Å². The Balaban J connectivity index is 1.61. The van der Waals surface area contributed by atoms with E-state index in [1.807, 2.05) is 48.8 Å². The van der Waals surface area contributed by atoms with E-state index in [-0.39, 0.29) is 0 Å². The van der Waals surface area contributed by atoms with Gasteiger partial charge in [0.05, 0.1) is 17.4 Å². The Morgan fingerprint density at radius 3 is 2.71 bits per heavy atom. The number of ether oxygens (including phenoxy) is 1. The molecule has 6 heteroatoms. The van der Waals surface area contributed by atoms with Crippen LogP contribution in [0.15, 0.2) is 73.1 Å². The van der Waals surface area contributed by atoms with Gasteiger partial charge in [-0.25, -0.2) is 4.98 Å². The van der Waals surface area contributed by atoms with E-state index in [1.165, 1.54) is 12.7 Å². The molecule has 0 aliphatic rings. The molecule has 1 unspecified atom stereocenters. The highest BCUT2D eigenvalue weighted by atomic mass is 35.5. The van der Waals surface area contributed by atoms with Crippen molar-refractivity contribution >= 4 is 34.0 Å². The molecule has 4 aromatic rings. The predicted molar refractivity (Wildman–Crippen MR) is 112 cm³/mol. The van der Waals surface area contributed by atoms with Gasteiger partial charge < -0.3 is 19.7 Å². The molecular weight excluding hydrogens is 374 g/mol. The second-order valence-electron chi connectivity index (χ2n) is 6.51. The normalized spacial score (nSPS) is 12.2. The number of nitrogens with one attached hydrogen (secondary N) is 1. The molecule has 1 aromatic heterocycles. The highest BCUT2D eigenvalue weighted by Crippen LogP contribution is 2.30. The van der Waals surface area contributed by atoms with Gasteiger partial charge in [-0.3, -0.25) is 0 Å². The summed E-state index contributed by atoms with van der Waals surface area (Å²) in [7, 11) is 1.45. The summed E-state index contributed by atoms with van der Waals surface area (Å²) in [5, 5.41) is 13.9. The zero-order valence-corrected chi connectivity index (χ0v) is 16.1. The van der Waals surface area contributed by atoms with Crippen LogP contribution in [0.5, 0.6) is 0 Å². The second kappa shape index (κ2) is 8.02. The maximum Gasteiger partial charge on any atom is 0.182 e. The van der Waals surface area contributed by atoms with Crippen LogP contribution in [0.4, 0.5) is 11.4 Å².